The van der Waals surface area contributed by atoms with E-state index in [0.29, 0.717) is 13.0 Å². The first-order valence-electron chi connectivity index (χ1n) is 18.4. The van der Waals surface area contributed by atoms with E-state index in [1.54, 1.807) is 0 Å². The number of unbranched alkanes of at least 4 members (excludes halogenated alkanes) is 15. The van der Waals surface area contributed by atoms with Crippen LogP contribution in [-0.4, -0.2) is 89.6 Å². The third kappa shape index (κ3) is 21.5. The Kier molecular flexibility index (Phi) is 27.6. The van der Waals surface area contributed by atoms with Gasteiger partial charge >= 0.3 is 5.97 Å². The van der Waals surface area contributed by atoms with Crippen LogP contribution < -0.4 is 0 Å². The second kappa shape index (κ2) is 29.8. The zero-order valence-electron chi connectivity index (χ0n) is 29.1. The molecule has 0 amide bonds. The molecule has 0 aromatic rings. The number of rotatable bonds is 30. The number of aliphatic hydroxyl groups is 4. The van der Waals surface area contributed by atoms with Crippen LogP contribution in [0, 0.1) is 0 Å². The number of hydrogen-bond acceptors (Lipinski definition) is 9. The maximum atomic E-state index is 12.6. The highest BCUT2D eigenvalue weighted by Gasteiger charge is 2.44. The van der Waals surface area contributed by atoms with E-state index in [4.69, 9.17) is 18.9 Å². The van der Waals surface area contributed by atoms with Crippen molar-refractivity contribution in [2.75, 3.05) is 26.4 Å². The van der Waals surface area contributed by atoms with E-state index in [9.17, 15) is 25.2 Å². The fourth-order valence-electron chi connectivity index (χ4n) is 5.40. The molecule has 6 unspecified atom stereocenters. The molecule has 0 spiro atoms. The van der Waals surface area contributed by atoms with Crippen molar-refractivity contribution in [3.63, 3.8) is 0 Å². The van der Waals surface area contributed by atoms with Gasteiger partial charge in [0.2, 0.25) is 0 Å². The molecule has 270 valence electrons. The largest absolute Gasteiger partial charge is 0.457 e. The van der Waals surface area contributed by atoms with Gasteiger partial charge in [0.25, 0.3) is 0 Å². The number of aliphatic hydroxyl groups excluding tert-OH is 4. The Hall–Kier alpha value is -1.33. The Bertz CT molecular complexity index is 757. The van der Waals surface area contributed by atoms with Crippen LogP contribution in [0.25, 0.3) is 0 Å². The number of carbonyl (C=O) groups excluding carboxylic acids is 1. The lowest BCUT2D eigenvalue weighted by atomic mass is 9.99. The van der Waals surface area contributed by atoms with Crippen molar-refractivity contribution in [1.82, 2.24) is 0 Å². The molecule has 1 aliphatic heterocycles. The van der Waals surface area contributed by atoms with Gasteiger partial charge in [-0.25, -0.2) is 0 Å². The zero-order chi connectivity index (χ0) is 33.7. The van der Waals surface area contributed by atoms with E-state index in [-0.39, 0.29) is 19.2 Å². The topological polar surface area (TPSA) is 135 Å². The number of allylic oxidation sites excluding steroid dienone is 4. The average Bonchev–Trinajstić information content (AvgIpc) is 3.05. The van der Waals surface area contributed by atoms with E-state index in [1.165, 1.54) is 77.0 Å². The van der Waals surface area contributed by atoms with Gasteiger partial charge in [0.15, 0.2) is 6.29 Å². The summed E-state index contributed by atoms with van der Waals surface area (Å²) in [5.41, 5.74) is 0. The fraction of sp³-hybridized carbons (Fsp3) is 0.865. The van der Waals surface area contributed by atoms with Crippen LogP contribution in [-0.2, 0) is 23.7 Å². The molecule has 1 fully saturated rings. The monoisotopic (exact) mass is 656 g/mol. The van der Waals surface area contributed by atoms with Gasteiger partial charge in [0.05, 0.1) is 19.8 Å². The maximum Gasteiger partial charge on any atom is 0.306 e. The first-order chi connectivity index (χ1) is 22.4. The van der Waals surface area contributed by atoms with E-state index in [2.05, 4.69) is 38.2 Å². The van der Waals surface area contributed by atoms with Crippen LogP contribution in [0.4, 0.5) is 0 Å². The molecule has 0 bridgehead atoms. The summed E-state index contributed by atoms with van der Waals surface area (Å²) >= 11 is 0. The van der Waals surface area contributed by atoms with Gasteiger partial charge in [-0.15, -0.1) is 0 Å². The Morgan fingerprint density at radius 1 is 0.696 bits per heavy atom. The van der Waals surface area contributed by atoms with Gasteiger partial charge in [-0.05, 0) is 44.9 Å². The predicted octanol–water partition coefficient (Wildman–Crippen LogP) is 6.69. The Morgan fingerprint density at radius 2 is 1.26 bits per heavy atom. The minimum absolute atomic E-state index is 0.115. The number of esters is 1. The minimum Gasteiger partial charge on any atom is -0.457 e. The summed E-state index contributed by atoms with van der Waals surface area (Å²) < 4.78 is 22.5. The Labute approximate surface area is 279 Å². The van der Waals surface area contributed by atoms with Crippen molar-refractivity contribution in [2.24, 2.45) is 0 Å². The van der Waals surface area contributed by atoms with Crippen LogP contribution >= 0.6 is 0 Å². The fourth-order valence-corrected chi connectivity index (χ4v) is 5.40. The smallest absolute Gasteiger partial charge is 0.306 e. The Morgan fingerprint density at radius 3 is 1.91 bits per heavy atom. The first kappa shape index (κ1) is 42.7. The van der Waals surface area contributed by atoms with Crippen LogP contribution in [0.3, 0.4) is 0 Å². The van der Waals surface area contributed by atoms with Gasteiger partial charge < -0.3 is 39.4 Å². The molecule has 0 aliphatic carbocycles. The second-order valence-corrected chi connectivity index (χ2v) is 12.7. The SMILES string of the molecule is CCCCC/C=C\C/C=C\CCCCCCCCCC(=O)OC(COCCCCCCCC)COC1OC(CO)C(O)C(O)C1O. The molecule has 0 saturated carbocycles. The third-order valence-corrected chi connectivity index (χ3v) is 8.37. The highest BCUT2D eigenvalue weighted by molar-refractivity contribution is 5.69. The summed E-state index contributed by atoms with van der Waals surface area (Å²) in [6.45, 7) is 4.46. The highest BCUT2D eigenvalue weighted by Crippen LogP contribution is 2.22. The summed E-state index contributed by atoms with van der Waals surface area (Å²) in [4.78, 5) is 12.6. The van der Waals surface area contributed by atoms with Crippen molar-refractivity contribution in [2.45, 2.75) is 179 Å². The van der Waals surface area contributed by atoms with E-state index < -0.39 is 43.4 Å². The number of ether oxygens (including phenoxy) is 4. The van der Waals surface area contributed by atoms with Crippen molar-refractivity contribution >= 4 is 5.97 Å². The summed E-state index contributed by atoms with van der Waals surface area (Å²) in [5, 5.41) is 39.8. The lowest BCUT2D eigenvalue weighted by Crippen LogP contribution is -2.59. The molecule has 0 aromatic carbocycles. The summed E-state index contributed by atoms with van der Waals surface area (Å²) in [7, 11) is 0. The lowest BCUT2D eigenvalue weighted by molar-refractivity contribution is -0.305. The van der Waals surface area contributed by atoms with Gasteiger partial charge in [0, 0.05) is 13.0 Å². The van der Waals surface area contributed by atoms with Gasteiger partial charge in [-0.1, -0.05) is 115 Å². The summed E-state index contributed by atoms with van der Waals surface area (Å²) in [5.74, 6) is -0.326. The van der Waals surface area contributed by atoms with E-state index in [0.717, 1.165) is 44.9 Å². The molecular formula is C37H68O9. The van der Waals surface area contributed by atoms with Crippen molar-refractivity contribution in [3.05, 3.63) is 24.3 Å². The maximum absolute atomic E-state index is 12.6. The summed E-state index contributed by atoms with van der Waals surface area (Å²) in [6.07, 6.45) is 23.6. The summed E-state index contributed by atoms with van der Waals surface area (Å²) in [6, 6.07) is 0. The van der Waals surface area contributed by atoms with E-state index in [1.807, 2.05) is 0 Å². The number of hydrogen-bond donors (Lipinski definition) is 4. The first-order valence-corrected chi connectivity index (χ1v) is 18.4. The quantitative estimate of drug-likeness (QED) is 0.0379. The van der Waals surface area contributed by atoms with Crippen LogP contribution in [0.5, 0.6) is 0 Å². The molecular weight excluding hydrogens is 588 g/mol. The van der Waals surface area contributed by atoms with E-state index >= 15 is 0 Å². The molecule has 0 radical (unpaired) electrons. The molecule has 0 aromatic heterocycles. The third-order valence-electron chi connectivity index (χ3n) is 8.37. The lowest BCUT2D eigenvalue weighted by Gasteiger charge is -2.39. The molecule has 9 heteroatoms. The molecule has 46 heavy (non-hydrogen) atoms. The number of carbonyl (C=O) groups is 1. The van der Waals surface area contributed by atoms with Crippen LogP contribution in [0.15, 0.2) is 24.3 Å². The van der Waals surface area contributed by atoms with Gasteiger partial charge in [-0.3, -0.25) is 4.79 Å². The van der Waals surface area contributed by atoms with Crippen LogP contribution in [0.1, 0.15) is 142 Å². The molecule has 9 nitrogen and oxygen atoms in total. The predicted molar refractivity (Wildman–Crippen MR) is 182 cm³/mol. The Balaban J connectivity index is 2.28. The molecule has 1 rings (SSSR count). The average molecular weight is 657 g/mol. The zero-order valence-corrected chi connectivity index (χ0v) is 29.1. The molecule has 6 atom stereocenters. The molecule has 1 aliphatic rings. The second-order valence-electron chi connectivity index (χ2n) is 12.7. The molecule has 1 saturated heterocycles. The molecule has 1 heterocycles. The van der Waals surface area contributed by atoms with Crippen LogP contribution in [0.2, 0.25) is 0 Å². The minimum atomic E-state index is -1.53. The molecule has 4 N–H and O–H groups in total. The van der Waals surface area contributed by atoms with Crippen molar-refractivity contribution in [3.8, 4) is 0 Å². The van der Waals surface area contributed by atoms with Crippen molar-refractivity contribution < 1.29 is 44.2 Å². The van der Waals surface area contributed by atoms with Gasteiger partial charge in [-0.2, -0.15) is 0 Å². The van der Waals surface area contributed by atoms with Gasteiger partial charge in [0.1, 0.15) is 30.5 Å². The van der Waals surface area contributed by atoms with Crippen molar-refractivity contribution in [1.29, 1.82) is 0 Å². The highest BCUT2D eigenvalue weighted by atomic mass is 16.7. The standard InChI is InChI=1S/C37H68O9/c1-3-5-7-9-11-12-13-14-15-16-17-18-19-20-21-22-24-26-33(39)45-31(29-43-27-25-23-10-8-6-4-2)30-44-37-36(42)35(41)34(40)32(28-38)46-37/h11-12,14-15,31-32,34-38,40-42H,3-10,13,16-30H2,1-2H3/b12-11-,15-14-. The normalized spacial score (nSPS) is 22.6.